The summed E-state index contributed by atoms with van der Waals surface area (Å²) in [6.07, 6.45) is 0. The van der Waals surface area contributed by atoms with Crippen LogP contribution >= 0.6 is 24.2 Å². The van der Waals surface area contributed by atoms with E-state index >= 15 is 0 Å². The predicted molar refractivity (Wildman–Crippen MR) is 47.5 cm³/mol. The van der Waals surface area contributed by atoms with Crippen LogP contribution in [0.2, 0.25) is 5.02 Å². The Labute approximate surface area is 74.0 Å². The second-order valence-corrected chi connectivity index (χ2v) is 2.69. The smallest absolute Gasteiger partial charge is 0.0694 e. The van der Waals surface area contributed by atoms with Crippen molar-refractivity contribution >= 4 is 29.9 Å². The minimum atomic E-state index is 0.375. The van der Waals surface area contributed by atoms with Gasteiger partial charge in [0.15, 0.2) is 0 Å². The van der Waals surface area contributed by atoms with Crippen LogP contribution in [0.5, 0.6) is 0 Å². The molecule has 0 atom stereocenters. The first-order valence-electron chi connectivity index (χ1n) is 2.78. The maximum Gasteiger partial charge on any atom is 0.0694 e. The van der Waals surface area contributed by atoms with Gasteiger partial charge in [0.1, 0.15) is 0 Å². The lowest BCUT2D eigenvalue weighted by atomic mass is 10.3. The van der Waals surface area contributed by atoms with E-state index in [0.717, 1.165) is 0 Å². The molecule has 56 valence electrons. The van der Waals surface area contributed by atoms with Crippen molar-refractivity contribution in [2.45, 2.75) is 4.90 Å². The second-order valence-electron chi connectivity index (χ2n) is 1.80. The molecule has 0 unspecified atom stereocenters. The zero-order valence-electron chi connectivity index (χ0n) is 5.40. The molecular weight excluding hydrogens is 182 g/mol. The average Bonchev–Trinajstić information content (AvgIpc) is 1.97. The zero-order valence-corrected chi connectivity index (χ0v) is 7.05. The van der Waals surface area contributed by atoms with Crippen LogP contribution in [0.4, 0.5) is 5.69 Å². The molecule has 3 nitrogen and oxygen atoms in total. The predicted octanol–water partition coefficient (Wildman–Crippen LogP) is 3.57. The fourth-order valence-corrected chi connectivity index (χ4v) is 1.18. The highest BCUT2D eigenvalue weighted by Gasteiger charge is 1.99. The Hall–Kier alpha value is -0.830. The molecule has 0 spiro atoms. The van der Waals surface area contributed by atoms with Crippen molar-refractivity contribution in [2.75, 3.05) is 0 Å². The molecule has 0 aliphatic carbocycles. The van der Waals surface area contributed by atoms with Gasteiger partial charge in [-0.15, -0.1) is 12.6 Å². The Morgan fingerprint density at radius 3 is 2.82 bits per heavy atom. The molecule has 1 aromatic carbocycles. The van der Waals surface area contributed by atoms with Crippen LogP contribution in [0.1, 0.15) is 0 Å². The summed E-state index contributed by atoms with van der Waals surface area (Å²) in [5.41, 5.74) is 8.51. The summed E-state index contributed by atoms with van der Waals surface area (Å²) in [7, 11) is 0. The molecule has 0 aromatic heterocycles. The van der Waals surface area contributed by atoms with Gasteiger partial charge in [-0.1, -0.05) is 22.8 Å². The summed E-state index contributed by atoms with van der Waals surface area (Å²) in [6.45, 7) is 0. The standard InChI is InChI=1S/C6H4ClN3S/c7-4-2-1-3-5(11)6(4)9-10-8/h1-3,11H. The highest BCUT2D eigenvalue weighted by atomic mass is 35.5. The summed E-state index contributed by atoms with van der Waals surface area (Å²) in [5.74, 6) is 0. The highest BCUT2D eigenvalue weighted by Crippen LogP contribution is 2.31. The molecule has 11 heavy (non-hydrogen) atoms. The number of azide groups is 1. The van der Waals surface area contributed by atoms with Gasteiger partial charge < -0.3 is 0 Å². The number of hydrogen-bond acceptors (Lipinski definition) is 2. The highest BCUT2D eigenvalue weighted by molar-refractivity contribution is 7.80. The lowest BCUT2D eigenvalue weighted by molar-refractivity contribution is 1.36. The molecule has 0 aliphatic heterocycles. The SMILES string of the molecule is [N-]=[N+]=Nc1c(S)cccc1Cl. The van der Waals surface area contributed by atoms with Crippen molar-refractivity contribution in [3.05, 3.63) is 33.7 Å². The zero-order chi connectivity index (χ0) is 8.27. The fourth-order valence-electron chi connectivity index (χ4n) is 0.648. The third-order valence-corrected chi connectivity index (χ3v) is 1.78. The normalized spacial score (nSPS) is 8.91. The van der Waals surface area contributed by atoms with Crippen molar-refractivity contribution in [1.29, 1.82) is 0 Å². The number of benzene rings is 1. The molecule has 5 heteroatoms. The number of nitrogens with zero attached hydrogens (tertiary/aromatic N) is 3. The molecule has 0 bridgehead atoms. The minimum absolute atomic E-state index is 0.375. The van der Waals surface area contributed by atoms with E-state index in [0.29, 0.717) is 15.6 Å². The van der Waals surface area contributed by atoms with Gasteiger partial charge in [-0.05, 0) is 17.7 Å². The van der Waals surface area contributed by atoms with Gasteiger partial charge in [0, 0.05) is 9.81 Å². The molecule has 1 rings (SSSR count). The first kappa shape index (κ1) is 8.27. The van der Waals surface area contributed by atoms with Crippen molar-refractivity contribution in [3.8, 4) is 0 Å². The average molecular weight is 186 g/mol. The molecule has 1 aromatic rings. The van der Waals surface area contributed by atoms with Gasteiger partial charge in [0.25, 0.3) is 0 Å². The molecule has 0 heterocycles. The molecule has 0 N–H and O–H groups in total. The van der Waals surface area contributed by atoms with E-state index in [4.69, 9.17) is 17.1 Å². The summed E-state index contributed by atoms with van der Waals surface area (Å²) in [4.78, 5) is 3.20. The Morgan fingerprint density at radius 1 is 1.55 bits per heavy atom. The van der Waals surface area contributed by atoms with Crippen LogP contribution in [-0.2, 0) is 0 Å². The van der Waals surface area contributed by atoms with Crippen LogP contribution in [0.25, 0.3) is 10.4 Å². The van der Waals surface area contributed by atoms with E-state index in [1.165, 1.54) is 0 Å². The van der Waals surface area contributed by atoms with Crippen molar-refractivity contribution in [2.24, 2.45) is 5.11 Å². The van der Waals surface area contributed by atoms with Crippen molar-refractivity contribution in [3.63, 3.8) is 0 Å². The number of thiol groups is 1. The monoisotopic (exact) mass is 185 g/mol. The Balaban J connectivity index is 3.31. The maximum absolute atomic E-state index is 8.13. The minimum Gasteiger partial charge on any atom is -0.143 e. The van der Waals surface area contributed by atoms with Gasteiger partial charge in [-0.25, -0.2) is 0 Å². The van der Waals surface area contributed by atoms with E-state index in [1.807, 2.05) is 0 Å². The largest absolute Gasteiger partial charge is 0.143 e. The third kappa shape index (κ3) is 1.80. The lowest BCUT2D eigenvalue weighted by Crippen LogP contribution is -1.68. The molecule has 0 fully saturated rings. The van der Waals surface area contributed by atoms with Crippen LogP contribution < -0.4 is 0 Å². The van der Waals surface area contributed by atoms with Crippen LogP contribution in [0.3, 0.4) is 0 Å². The Bertz CT molecular complexity index is 299. The molecule has 0 saturated heterocycles. The van der Waals surface area contributed by atoms with Gasteiger partial charge in [-0.3, -0.25) is 0 Å². The summed E-state index contributed by atoms with van der Waals surface area (Å²) in [5, 5.41) is 3.79. The van der Waals surface area contributed by atoms with E-state index < -0.39 is 0 Å². The van der Waals surface area contributed by atoms with Gasteiger partial charge in [-0.2, -0.15) is 0 Å². The van der Waals surface area contributed by atoms with Crippen molar-refractivity contribution < 1.29 is 0 Å². The van der Waals surface area contributed by atoms with E-state index in [2.05, 4.69) is 22.7 Å². The van der Waals surface area contributed by atoms with Gasteiger partial charge >= 0.3 is 0 Å². The molecule has 0 aliphatic rings. The first-order chi connectivity index (χ1) is 5.25. The molecule has 0 amide bonds. The number of hydrogen-bond donors (Lipinski definition) is 1. The van der Waals surface area contributed by atoms with E-state index in [-0.39, 0.29) is 0 Å². The van der Waals surface area contributed by atoms with E-state index in [1.54, 1.807) is 18.2 Å². The fraction of sp³-hybridized carbons (Fsp3) is 0. The number of rotatable bonds is 1. The molecule has 0 radical (unpaired) electrons. The Kier molecular flexibility index (Phi) is 2.65. The lowest BCUT2D eigenvalue weighted by Gasteiger charge is -1.97. The summed E-state index contributed by atoms with van der Waals surface area (Å²) in [6, 6.07) is 5.09. The van der Waals surface area contributed by atoms with Gasteiger partial charge in [0.2, 0.25) is 0 Å². The van der Waals surface area contributed by atoms with Crippen LogP contribution in [0, 0.1) is 0 Å². The topological polar surface area (TPSA) is 48.8 Å². The second kappa shape index (κ2) is 3.53. The third-order valence-electron chi connectivity index (χ3n) is 1.11. The molecular formula is C6H4ClN3S. The first-order valence-corrected chi connectivity index (χ1v) is 3.61. The van der Waals surface area contributed by atoms with Crippen molar-refractivity contribution in [1.82, 2.24) is 0 Å². The quantitative estimate of drug-likeness (QED) is 0.301. The number of halogens is 1. The van der Waals surface area contributed by atoms with Crippen LogP contribution in [0.15, 0.2) is 28.2 Å². The molecule has 0 saturated carbocycles. The Morgan fingerprint density at radius 2 is 2.27 bits per heavy atom. The van der Waals surface area contributed by atoms with Crippen LogP contribution in [-0.4, -0.2) is 0 Å². The summed E-state index contributed by atoms with van der Waals surface area (Å²) < 4.78 is 0. The maximum atomic E-state index is 8.13. The van der Waals surface area contributed by atoms with Gasteiger partial charge in [0.05, 0.1) is 10.7 Å². The summed E-state index contributed by atoms with van der Waals surface area (Å²) >= 11 is 9.75. The van der Waals surface area contributed by atoms with E-state index in [9.17, 15) is 0 Å².